The van der Waals surface area contributed by atoms with Crippen molar-refractivity contribution in [1.82, 2.24) is 25.2 Å². The van der Waals surface area contributed by atoms with E-state index in [1.165, 1.54) is 0 Å². The molecule has 132 valence electrons. The second-order valence-corrected chi connectivity index (χ2v) is 6.49. The lowest BCUT2D eigenvalue weighted by Gasteiger charge is -2.12. The van der Waals surface area contributed by atoms with Gasteiger partial charge in [0.2, 0.25) is 0 Å². The molecule has 4 aromatic rings. The monoisotopic (exact) mass is 367 g/mol. The van der Waals surface area contributed by atoms with Crippen molar-refractivity contribution >= 4 is 11.3 Å². The third-order valence-electron chi connectivity index (χ3n) is 3.84. The van der Waals surface area contributed by atoms with E-state index in [1.54, 1.807) is 24.6 Å². The van der Waals surface area contributed by atoms with Gasteiger partial charge in [0.15, 0.2) is 5.82 Å². The third-order valence-corrected chi connectivity index (χ3v) is 4.69. The molecular weight excluding hydrogens is 350 g/mol. The zero-order chi connectivity index (χ0) is 17.8. The number of hydrogen-bond acceptors (Lipinski definition) is 7. The standard InChI is InChI=1S/C18H17N5O2S/c1-24-14-5-6-15(23-8-3-7-20-23)13(10-14)11-19-12-17-21-18(25-22-17)16-4-2-9-26-16/h2-10,19H,11-12H2,1H3. The van der Waals surface area contributed by atoms with E-state index in [0.29, 0.717) is 24.8 Å². The zero-order valence-electron chi connectivity index (χ0n) is 14.1. The van der Waals surface area contributed by atoms with E-state index in [-0.39, 0.29) is 0 Å². The lowest BCUT2D eigenvalue weighted by molar-refractivity contribution is 0.413. The SMILES string of the molecule is COc1ccc(-n2cccn2)c(CNCc2noc(-c3cccs3)n2)c1. The van der Waals surface area contributed by atoms with E-state index in [2.05, 4.69) is 20.6 Å². The number of nitrogens with one attached hydrogen (secondary N) is 1. The van der Waals surface area contributed by atoms with Gasteiger partial charge < -0.3 is 14.6 Å². The molecule has 0 bridgehead atoms. The molecule has 0 fully saturated rings. The molecule has 0 saturated heterocycles. The maximum absolute atomic E-state index is 5.34. The third kappa shape index (κ3) is 3.51. The highest BCUT2D eigenvalue weighted by Crippen LogP contribution is 2.23. The first kappa shape index (κ1) is 16.5. The molecule has 0 spiro atoms. The van der Waals surface area contributed by atoms with Crippen molar-refractivity contribution < 1.29 is 9.26 Å². The Balaban J connectivity index is 1.46. The highest BCUT2D eigenvalue weighted by atomic mass is 32.1. The summed E-state index contributed by atoms with van der Waals surface area (Å²) in [5.74, 6) is 1.98. The summed E-state index contributed by atoms with van der Waals surface area (Å²) in [6.07, 6.45) is 3.67. The fraction of sp³-hybridized carbons (Fsp3) is 0.167. The molecule has 0 amide bonds. The Bertz CT molecular complexity index is 964. The summed E-state index contributed by atoms with van der Waals surface area (Å²) >= 11 is 1.57. The molecule has 0 aliphatic carbocycles. The number of rotatable bonds is 7. The first-order valence-electron chi connectivity index (χ1n) is 8.07. The fourth-order valence-corrected chi connectivity index (χ4v) is 3.24. The van der Waals surface area contributed by atoms with Crippen LogP contribution in [0.1, 0.15) is 11.4 Å². The van der Waals surface area contributed by atoms with Gasteiger partial charge in [-0.15, -0.1) is 11.3 Å². The average Bonchev–Trinajstić information content (AvgIpc) is 3.42. The van der Waals surface area contributed by atoms with Crippen molar-refractivity contribution in [3.63, 3.8) is 0 Å². The van der Waals surface area contributed by atoms with Crippen LogP contribution < -0.4 is 10.1 Å². The highest BCUT2D eigenvalue weighted by Gasteiger charge is 2.11. The van der Waals surface area contributed by atoms with Crippen LogP contribution in [0.3, 0.4) is 0 Å². The number of benzene rings is 1. The summed E-state index contributed by atoms with van der Waals surface area (Å²) in [6.45, 7) is 1.12. The van der Waals surface area contributed by atoms with Gasteiger partial charge in [-0.25, -0.2) is 4.68 Å². The molecule has 4 rings (SSSR count). The molecule has 1 N–H and O–H groups in total. The lowest BCUT2D eigenvalue weighted by atomic mass is 10.1. The smallest absolute Gasteiger partial charge is 0.268 e. The molecule has 8 heteroatoms. The van der Waals surface area contributed by atoms with E-state index in [4.69, 9.17) is 9.26 Å². The Kier molecular flexibility index (Phi) is 4.76. The lowest BCUT2D eigenvalue weighted by Crippen LogP contribution is -2.15. The van der Waals surface area contributed by atoms with Crippen molar-refractivity contribution in [2.24, 2.45) is 0 Å². The van der Waals surface area contributed by atoms with Gasteiger partial charge in [0.05, 0.1) is 24.2 Å². The molecule has 0 atom stereocenters. The molecule has 0 radical (unpaired) electrons. The van der Waals surface area contributed by atoms with E-state index in [1.807, 2.05) is 52.7 Å². The van der Waals surface area contributed by atoms with Gasteiger partial charge >= 0.3 is 0 Å². The van der Waals surface area contributed by atoms with Crippen LogP contribution in [0.25, 0.3) is 16.5 Å². The number of thiophene rings is 1. The van der Waals surface area contributed by atoms with E-state index in [9.17, 15) is 0 Å². The average molecular weight is 367 g/mol. The summed E-state index contributed by atoms with van der Waals surface area (Å²) in [6, 6.07) is 11.7. The molecule has 0 unspecified atom stereocenters. The number of ether oxygens (including phenoxy) is 1. The molecule has 3 heterocycles. The van der Waals surface area contributed by atoms with Crippen molar-refractivity contribution in [3.8, 4) is 22.2 Å². The summed E-state index contributed by atoms with van der Waals surface area (Å²) in [4.78, 5) is 5.39. The Morgan fingerprint density at radius 2 is 2.19 bits per heavy atom. The number of aromatic nitrogens is 4. The molecule has 7 nitrogen and oxygen atoms in total. The maximum atomic E-state index is 5.34. The van der Waals surface area contributed by atoms with E-state index >= 15 is 0 Å². The second-order valence-electron chi connectivity index (χ2n) is 5.54. The first-order valence-corrected chi connectivity index (χ1v) is 8.95. The van der Waals surface area contributed by atoms with Gasteiger partial charge in [0, 0.05) is 18.9 Å². The van der Waals surface area contributed by atoms with Crippen LogP contribution in [0.15, 0.2) is 58.7 Å². The number of hydrogen-bond donors (Lipinski definition) is 1. The number of methoxy groups -OCH3 is 1. The number of nitrogens with zero attached hydrogens (tertiary/aromatic N) is 4. The van der Waals surface area contributed by atoms with Gasteiger partial charge in [0.1, 0.15) is 5.75 Å². The van der Waals surface area contributed by atoms with E-state index in [0.717, 1.165) is 21.9 Å². The molecule has 0 aliphatic rings. The fourth-order valence-electron chi connectivity index (χ4n) is 2.60. The van der Waals surface area contributed by atoms with Crippen molar-refractivity contribution in [3.05, 3.63) is 65.6 Å². The summed E-state index contributed by atoms with van der Waals surface area (Å²) < 4.78 is 12.5. The van der Waals surface area contributed by atoms with Crippen molar-refractivity contribution in [2.75, 3.05) is 7.11 Å². The molecular formula is C18H17N5O2S. The van der Waals surface area contributed by atoms with Crippen LogP contribution in [0, 0.1) is 0 Å². The van der Waals surface area contributed by atoms with Gasteiger partial charge in [0.25, 0.3) is 5.89 Å². The second kappa shape index (κ2) is 7.51. The van der Waals surface area contributed by atoms with Gasteiger partial charge in [-0.2, -0.15) is 10.1 Å². The van der Waals surface area contributed by atoms with Crippen molar-refractivity contribution in [1.29, 1.82) is 0 Å². The van der Waals surface area contributed by atoms with Crippen LogP contribution >= 0.6 is 11.3 Å². The maximum Gasteiger partial charge on any atom is 0.268 e. The normalized spacial score (nSPS) is 11.0. The predicted molar refractivity (Wildman–Crippen MR) is 98.3 cm³/mol. The van der Waals surface area contributed by atoms with Crippen LogP contribution in [-0.4, -0.2) is 27.0 Å². The summed E-state index contributed by atoms with van der Waals surface area (Å²) in [5.41, 5.74) is 2.06. The van der Waals surface area contributed by atoms with Gasteiger partial charge in [-0.3, -0.25) is 0 Å². The Labute approximate surface area is 154 Å². The van der Waals surface area contributed by atoms with Crippen LogP contribution in [-0.2, 0) is 13.1 Å². The minimum atomic E-state index is 0.505. The Morgan fingerprint density at radius 1 is 1.23 bits per heavy atom. The highest BCUT2D eigenvalue weighted by molar-refractivity contribution is 7.13. The summed E-state index contributed by atoms with van der Waals surface area (Å²) in [7, 11) is 1.66. The van der Waals surface area contributed by atoms with Gasteiger partial charge in [-0.1, -0.05) is 11.2 Å². The summed E-state index contributed by atoms with van der Waals surface area (Å²) in [5, 5.41) is 13.7. The molecule has 0 aliphatic heterocycles. The quantitative estimate of drug-likeness (QED) is 0.540. The zero-order valence-corrected chi connectivity index (χ0v) is 14.9. The minimum Gasteiger partial charge on any atom is -0.497 e. The van der Waals surface area contributed by atoms with Crippen LogP contribution in [0.5, 0.6) is 5.75 Å². The van der Waals surface area contributed by atoms with Crippen LogP contribution in [0.2, 0.25) is 0 Å². The van der Waals surface area contributed by atoms with Gasteiger partial charge in [-0.05, 0) is 41.3 Å². The predicted octanol–water partition coefficient (Wildman–Crippen LogP) is 3.28. The molecule has 1 aromatic carbocycles. The topological polar surface area (TPSA) is 78.0 Å². The van der Waals surface area contributed by atoms with Crippen molar-refractivity contribution in [2.45, 2.75) is 13.1 Å². The Morgan fingerprint density at radius 3 is 2.96 bits per heavy atom. The molecule has 0 saturated carbocycles. The van der Waals surface area contributed by atoms with Crippen LogP contribution in [0.4, 0.5) is 0 Å². The molecule has 26 heavy (non-hydrogen) atoms. The molecule has 3 aromatic heterocycles. The Hall–Kier alpha value is -2.97. The largest absolute Gasteiger partial charge is 0.497 e. The van der Waals surface area contributed by atoms with E-state index < -0.39 is 0 Å². The minimum absolute atomic E-state index is 0.505. The first-order chi connectivity index (χ1) is 12.8.